The standard InChI is InChI=1S/C25H33ClN2O4/c1-7-22(25(30)27-16(2)3)28(14-19-9-8-10-20(13-19)31-6)23(29)15-32-21-11-17(4)24(26)18(5)12-21/h8-13,16,22H,7,14-15H2,1-6H3,(H,27,30)/t22-/m0/s1. The van der Waals surface area contributed by atoms with E-state index in [1.165, 1.54) is 0 Å². The third-order valence-electron chi connectivity index (χ3n) is 5.08. The summed E-state index contributed by atoms with van der Waals surface area (Å²) in [6.07, 6.45) is 0.480. The number of methoxy groups -OCH3 is 1. The number of nitrogens with zero attached hydrogens (tertiary/aromatic N) is 1. The molecule has 0 spiro atoms. The molecule has 0 saturated heterocycles. The third-order valence-corrected chi connectivity index (χ3v) is 5.67. The number of hydrogen-bond donors (Lipinski definition) is 1. The molecule has 0 fully saturated rings. The summed E-state index contributed by atoms with van der Waals surface area (Å²) in [6, 6.07) is 10.4. The lowest BCUT2D eigenvalue weighted by Gasteiger charge is -2.31. The van der Waals surface area contributed by atoms with Crippen LogP contribution < -0.4 is 14.8 Å². The molecule has 0 radical (unpaired) electrons. The molecule has 7 heteroatoms. The Morgan fingerprint density at radius 3 is 2.31 bits per heavy atom. The molecule has 0 aliphatic carbocycles. The van der Waals surface area contributed by atoms with Gasteiger partial charge < -0.3 is 19.7 Å². The van der Waals surface area contributed by atoms with Crippen LogP contribution in [0.1, 0.15) is 43.9 Å². The number of rotatable bonds is 10. The van der Waals surface area contributed by atoms with Crippen molar-refractivity contribution in [3.05, 3.63) is 58.1 Å². The van der Waals surface area contributed by atoms with E-state index in [0.29, 0.717) is 22.9 Å². The van der Waals surface area contributed by atoms with E-state index >= 15 is 0 Å². The minimum absolute atomic E-state index is 0.0263. The second kappa shape index (κ2) is 11.8. The van der Waals surface area contributed by atoms with Gasteiger partial charge in [-0.1, -0.05) is 30.7 Å². The van der Waals surface area contributed by atoms with E-state index in [4.69, 9.17) is 21.1 Å². The molecule has 174 valence electrons. The Labute approximate surface area is 195 Å². The molecule has 2 rings (SSSR count). The van der Waals surface area contributed by atoms with Gasteiger partial charge in [-0.3, -0.25) is 9.59 Å². The summed E-state index contributed by atoms with van der Waals surface area (Å²) in [5, 5.41) is 3.60. The molecule has 0 unspecified atom stereocenters. The molecule has 0 aliphatic heterocycles. The molecule has 32 heavy (non-hydrogen) atoms. The summed E-state index contributed by atoms with van der Waals surface area (Å²) >= 11 is 6.23. The smallest absolute Gasteiger partial charge is 0.261 e. The van der Waals surface area contributed by atoms with Gasteiger partial charge in [-0.05, 0) is 75.1 Å². The Morgan fingerprint density at radius 1 is 1.09 bits per heavy atom. The number of hydrogen-bond acceptors (Lipinski definition) is 4. The Balaban J connectivity index is 2.27. The second-order valence-electron chi connectivity index (χ2n) is 8.12. The molecule has 0 aromatic heterocycles. The van der Waals surface area contributed by atoms with Crippen molar-refractivity contribution in [3.63, 3.8) is 0 Å². The first-order chi connectivity index (χ1) is 15.2. The lowest BCUT2D eigenvalue weighted by molar-refractivity contribution is -0.143. The molecule has 0 saturated carbocycles. The molecule has 1 atom stereocenters. The Bertz CT molecular complexity index is 922. The highest BCUT2D eigenvalue weighted by Crippen LogP contribution is 2.26. The fourth-order valence-electron chi connectivity index (χ4n) is 3.49. The second-order valence-corrected chi connectivity index (χ2v) is 8.50. The highest BCUT2D eigenvalue weighted by atomic mass is 35.5. The Hall–Kier alpha value is -2.73. The number of benzene rings is 2. The van der Waals surface area contributed by atoms with Crippen LogP contribution in [-0.2, 0) is 16.1 Å². The van der Waals surface area contributed by atoms with Crippen LogP contribution in [0.5, 0.6) is 11.5 Å². The van der Waals surface area contributed by atoms with Gasteiger partial charge in [0.25, 0.3) is 5.91 Å². The van der Waals surface area contributed by atoms with E-state index in [1.807, 2.05) is 58.9 Å². The molecule has 0 heterocycles. The van der Waals surface area contributed by atoms with E-state index in [1.54, 1.807) is 24.1 Å². The number of carbonyl (C=O) groups excluding carboxylic acids is 2. The highest BCUT2D eigenvalue weighted by Gasteiger charge is 2.29. The van der Waals surface area contributed by atoms with Crippen LogP contribution >= 0.6 is 11.6 Å². The van der Waals surface area contributed by atoms with Crippen molar-refractivity contribution in [2.24, 2.45) is 0 Å². The molecule has 0 aliphatic rings. The normalized spacial score (nSPS) is 11.8. The van der Waals surface area contributed by atoms with Gasteiger partial charge in [0, 0.05) is 17.6 Å². The zero-order valence-corrected chi connectivity index (χ0v) is 20.5. The van der Waals surface area contributed by atoms with Gasteiger partial charge in [0.05, 0.1) is 7.11 Å². The summed E-state index contributed by atoms with van der Waals surface area (Å²) in [7, 11) is 1.59. The molecule has 6 nitrogen and oxygen atoms in total. The van der Waals surface area contributed by atoms with Crippen LogP contribution in [0.2, 0.25) is 5.02 Å². The minimum atomic E-state index is -0.617. The van der Waals surface area contributed by atoms with Gasteiger partial charge >= 0.3 is 0 Å². The first kappa shape index (κ1) is 25.5. The molecular formula is C25H33ClN2O4. The van der Waals surface area contributed by atoms with Crippen LogP contribution in [-0.4, -0.2) is 42.5 Å². The molecule has 2 aromatic rings. The van der Waals surface area contributed by atoms with E-state index < -0.39 is 6.04 Å². The van der Waals surface area contributed by atoms with E-state index in [0.717, 1.165) is 16.7 Å². The highest BCUT2D eigenvalue weighted by molar-refractivity contribution is 6.32. The predicted octanol–water partition coefficient (Wildman–Crippen LogP) is 4.68. The lowest BCUT2D eigenvalue weighted by Crippen LogP contribution is -2.51. The monoisotopic (exact) mass is 460 g/mol. The van der Waals surface area contributed by atoms with Crippen LogP contribution in [0.3, 0.4) is 0 Å². The molecule has 2 amide bonds. The Morgan fingerprint density at radius 2 is 1.75 bits per heavy atom. The van der Waals surface area contributed by atoms with Crippen molar-refractivity contribution < 1.29 is 19.1 Å². The van der Waals surface area contributed by atoms with E-state index in [-0.39, 0.29) is 31.0 Å². The average molecular weight is 461 g/mol. The van der Waals surface area contributed by atoms with Crippen LogP contribution in [0.25, 0.3) is 0 Å². The quantitative estimate of drug-likeness (QED) is 0.559. The van der Waals surface area contributed by atoms with Crippen molar-refractivity contribution >= 4 is 23.4 Å². The number of halogens is 1. The fraction of sp³-hybridized carbons (Fsp3) is 0.440. The Kier molecular flexibility index (Phi) is 9.39. The molecule has 1 N–H and O–H groups in total. The first-order valence-corrected chi connectivity index (χ1v) is 11.2. The third kappa shape index (κ3) is 6.89. The lowest BCUT2D eigenvalue weighted by atomic mass is 10.1. The van der Waals surface area contributed by atoms with Crippen molar-refractivity contribution in [1.29, 1.82) is 0 Å². The van der Waals surface area contributed by atoms with Crippen LogP contribution in [0.15, 0.2) is 36.4 Å². The number of carbonyl (C=O) groups is 2. The van der Waals surface area contributed by atoms with Crippen LogP contribution in [0, 0.1) is 13.8 Å². The van der Waals surface area contributed by atoms with Gasteiger partial charge in [-0.2, -0.15) is 0 Å². The maximum atomic E-state index is 13.3. The summed E-state index contributed by atoms with van der Waals surface area (Å²) < 4.78 is 11.1. The van der Waals surface area contributed by atoms with Crippen molar-refractivity contribution in [2.45, 2.75) is 59.7 Å². The maximum Gasteiger partial charge on any atom is 0.261 e. The van der Waals surface area contributed by atoms with Gasteiger partial charge in [0.1, 0.15) is 17.5 Å². The summed E-state index contributed by atoms with van der Waals surface area (Å²) in [5.41, 5.74) is 2.63. The van der Waals surface area contributed by atoms with Gasteiger partial charge in [0.15, 0.2) is 6.61 Å². The number of amides is 2. The summed E-state index contributed by atoms with van der Waals surface area (Å²) in [5.74, 6) is 0.803. The van der Waals surface area contributed by atoms with E-state index in [9.17, 15) is 9.59 Å². The molecular weight excluding hydrogens is 428 g/mol. The van der Waals surface area contributed by atoms with Crippen LogP contribution in [0.4, 0.5) is 0 Å². The summed E-state index contributed by atoms with van der Waals surface area (Å²) in [4.78, 5) is 27.7. The zero-order chi connectivity index (χ0) is 23.8. The van der Waals surface area contributed by atoms with Crippen molar-refractivity contribution in [1.82, 2.24) is 10.2 Å². The molecule has 2 aromatic carbocycles. The maximum absolute atomic E-state index is 13.3. The average Bonchev–Trinajstić information content (AvgIpc) is 2.75. The SMILES string of the molecule is CC[C@@H](C(=O)NC(C)C)N(Cc1cccc(OC)c1)C(=O)COc1cc(C)c(Cl)c(C)c1. The first-order valence-electron chi connectivity index (χ1n) is 10.8. The van der Waals surface area contributed by atoms with Gasteiger partial charge in [-0.25, -0.2) is 0 Å². The largest absolute Gasteiger partial charge is 0.497 e. The van der Waals surface area contributed by atoms with Crippen molar-refractivity contribution in [2.75, 3.05) is 13.7 Å². The van der Waals surface area contributed by atoms with Gasteiger partial charge in [-0.15, -0.1) is 0 Å². The van der Waals surface area contributed by atoms with Crippen molar-refractivity contribution in [3.8, 4) is 11.5 Å². The zero-order valence-electron chi connectivity index (χ0n) is 19.7. The van der Waals surface area contributed by atoms with E-state index in [2.05, 4.69) is 5.32 Å². The summed E-state index contributed by atoms with van der Waals surface area (Å²) in [6.45, 7) is 9.55. The number of ether oxygens (including phenoxy) is 2. The fourth-order valence-corrected chi connectivity index (χ4v) is 3.59. The van der Waals surface area contributed by atoms with Gasteiger partial charge in [0.2, 0.25) is 5.91 Å². The number of aryl methyl sites for hydroxylation is 2. The molecule has 0 bridgehead atoms. The minimum Gasteiger partial charge on any atom is -0.497 e. The predicted molar refractivity (Wildman–Crippen MR) is 127 cm³/mol. The number of nitrogens with one attached hydrogen (secondary N) is 1. The topological polar surface area (TPSA) is 67.9 Å².